The number of ether oxygens (including phenoxy) is 1. The lowest BCUT2D eigenvalue weighted by Crippen LogP contribution is -2.21. The SMILES string of the molecule is COc1ccc(-c2cn3c(n2)C(N)CCC3)c(C)c1. The standard InChI is InChI=1S/C15H19N3O/c1-10-8-11(19-2)5-6-12(10)14-9-18-7-3-4-13(16)15(18)17-14/h5-6,8-9,13H,3-4,7,16H2,1-2H3. The number of benzene rings is 1. The number of methoxy groups -OCH3 is 1. The van der Waals surface area contributed by atoms with Crippen molar-refractivity contribution in [2.45, 2.75) is 32.4 Å². The Labute approximate surface area is 113 Å². The molecule has 4 heteroatoms. The first-order chi connectivity index (χ1) is 9.19. The van der Waals surface area contributed by atoms with E-state index in [9.17, 15) is 0 Å². The third-order valence-electron chi connectivity index (χ3n) is 3.76. The van der Waals surface area contributed by atoms with Gasteiger partial charge in [-0.15, -0.1) is 0 Å². The van der Waals surface area contributed by atoms with Crippen molar-refractivity contribution in [3.63, 3.8) is 0 Å². The van der Waals surface area contributed by atoms with Gasteiger partial charge in [0.25, 0.3) is 0 Å². The highest BCUT2D eigenvalue weighted by Crippen LogP contribution is 2.30. The van der Waals surface area contributed by atoms with Crippen LogP contribution in [0.5, 0.6) is 5.75 Å². The van der Waals surface area contributed by atoms with E-state index >= 15 is 0 Å². The normalized spacial score (nSPS) is 18.2. The van der Waals surface area contributed by atoms with Crippen LogP contribution in [0.4, 0.5) is 0 Å². The Morgan fingerprint density at radius 1 is 1.42 bits per heavy atom. The number of rotatable bonds is 2. The molecule has 1 aliphatic heterocycles. The second-order valence-corrected chi connectivity index (χ2v) is 5.11. The van der Waals surface area contributed by atoms with Crippen molar-refractivity contribution in [3.05, 3.63) is 35.8 Å². The van der Waals surface area contributed by atoms with Gasteiger partial charge in [0.15, 0.2) is 0 Å². The van der Waals surface area contributed by atoms with Gasteiger partial charge >= 0.3 is 0 Å². The highest BCUT2D eigenvalue weighted by molar-refractivity contribution is 5.64. The Morgan fingerprint density at radius 3 is 2.95 bits per heavy atom. The molecule has 0 saturated heterocycles. The van der Waals surface area contributed by atoms with Crippen molar-refractivity contribution in [2.75, 3.05) is 7.11 Å². The molecule has 0 fully saturated rings. The monoisotopic (exact) mass is 257 g/mol. The molecule has 4 nitrogen and oxygen atoms in total. The summed E-state index contributed by atoms with van der Waals surface area (Å²) in [5.74, 6) is 1.89. The van der Waals surface area contributed by atoms with Gasteiger partial charge in [-0.25, -0.2) is 4.98 Å². The van der Waals surface area contributed by atoms with Crippen molar-refractivity contribution in [1.29, 1.82) is 0 Å². The van der Waals surface area contributed by atoms with E-state index in [1.165, 1.54) is 5.56 Å². The highest BCUT2D eigenvalue weighted by Gasteiger charge is 2.20. The molecule has 2 heterocycles. The number of nitrogens with two attached hydrogens (primary N) is 1. The van der Waals surface area contributed by atoms with Crippen LogP contribution in [0, 0.1) is 6.92 Å². The minimum absolute atomic E-state index is 0.0704. The van der Waals surface area contributed by atoms with Crippen LogP contribution in [0.15, 0.2) is 24.4 Å². The topological polar surface area (TPSA) is 53.1 Å². The number of nitrogens with zero attached hydrogens (tertiary/aromatic N) is 2. The average molecular weight is 257 g/mol. The van der Waals surface area contributed by atoms with Crippen molar-refractivity contribution in [1.82, 2.24) is 9.55 Å². The molecule has 0 aliphatic carbocycles. The second kappa shape index (κ2) is 4.70. The van der Waals surface area contributed by atoms with Gasteiger partial charge in [0, 0.05) is 18.3 Å². The fraction of sp³-hybridized carbons (Fsp3) is 0.400. The van der Waals surface area contributed by atoms with Crippen LogP contribution >= 0.6 is 0 Å². The van der Waals surface area contributed by atoms with E-state index < -0.39 is 0 Å². The summed E-state index contributed by atoms with van der Waals surface area (Å²) in [5.41, 5.74) is 9.44. The molecule has 0 saturated carbocycles. The molecule has 1 aromatic carbocycles. The maximum atomic E-state index is 6.12. The fourth-order valence-corrected chi connectivity index (χ4v) is 2.70. The summed E-state index contributed by atoms with van der Waals surface area (Å²) in [7, 11) is 1.68. The van der Waals surface area contributed by atoms with E-state index in [1.807, 2.05) is 12.1 Å². The maximum absolute atomic E-state index is 6.12. The largest absolute Gasteiger partial charge is 0.497 e. The predicted octanol–water partition coefficient (Wildman–Crippen LogP) is 2.66. The van der Waals surface area contributed by atoms with Gasteiger partial charge in [0.05, 0.1) is 18.8 Å². The van der Waals surface area contributed by atoms with Crippen LogP contribution in [0.3, 0.4) is 0 Å². The van der Waals surface area contributed by atoms with Gasteiger partial charge in [-0.05, 0) is 43.5 Å². The molecular weight excluding hydrogens is 238 g/mol. The number of imidazole rings is 1. The summed E-state index contributed by atoms with van der Waals surface area (Å²) in [6.07, 6.45) is 4.27. The maximum Gasteiger partial charge on any atom is 0.126 e. The Hall–Kier alpha value is -1.81. The van der Waals surface area contributed by atoms with Crippen LogP contribution in [-0.2, 0) is 6.54 Å². The first kappa shape index (κ1) is 12.2. The smallest absolute Gasteiger partial charge is 0.126 e. The lowest BCUT2D eigenvalue weighted by molar-refractivity contribution is 0.414. The summed E-state index contributed by atoms with van der Waals surface area (Å²) >= 11 is 0. The van der Waals surface area contributed by atoms with E-state index in [-0.39, 0.29) is 6.04 Å². The Morgan fingerprint density at radius 2 is 2.26 bits per heavy atom. The molecule has 0 radical (unpaired) electrons. The molecule has 100 valence electrons. The summed E-state index contributed by atoms with van der Waals surface area (Å²) in [5, 5.41) is 0. The zero-order valence-corrected chi connectivity index (χ0v) is 11.4. The van der Waals surface area contributed by atoms with Gasteiger partial charge in [-0.2, -0.15) is 0 Å². The lowest BCUT2D eigenvalue weighted by Gasteiger charge is -2.19. The summed E-state index contributed by atoms with van der Waals surface area (Å²) in [4.78, 5) is 4.72. The number of fused-ring (bicyclic) bond motifs is 1. The van der Waals surface area contributed by atoms with Gasteiger partial charge < -0.3 is 15.0 Å². The van der Waals surface area contributed by atoms with E-state index in [4.69, 9.17) is 15.5 Å². The van der Waals surface area contributed by atoms with Gasteiger partial charge in [0.2, 0.25) is 0 Å². The van der Waals surface area contributed by atoms with E-state index in [0.717, 1.165) is 42.2 Å². The van der Waals surface area contributed by atoms with Crippen LogP contribution in [0.1, 0.15) is 30.3 Å². The Balaban J connectivity index is 2.03. The Bertz CT molecular complexity index is 603. The number of hydrogen-bond donors (Lipinski definition) is 1. The van der Waals surface area contributed by atoms with E-state index in [2.05, 4.69) is 23.8 Å². The molecule has 2 aromatic rings. The molecule has 0 spiro atoms. The first-order valence-electron chi connectivity index (χ1n) is 6.66. The van der Waals surface area contributed by atoms with Gasteiger partial charge in [-0.3, -0.25) is 0 Å². The molecular formula is C15H19N3O. The van der Waals surface area contributed by atoms with Crippen molar-refractivity contribution < 1.29 is 4.74 Å². The molecule has 0 amide bonds. The highest BCUT2D eigenvalue weighted by atomic mass is 16.5. The van der Waals surface area contributed by atoms with E-state index in [0.29, 0.717) is 0 Å². The molecule has 19 heavy (non-hydrogen) atoms. The minimum atomic E-state index is 0.0704. The fourth-order valence-electron chi connectivity index (χ4n) is 2.70. The number of aryl methyl sites for hydroxylation is 2. The molecule has 1 aromatic heterocycles. The third-order valence-corrected chi connectivity index (χ3v) is 3.76. The van der Waals surface area contributed by atoms with Crippen LogP contribution in [0.2, 0.25) is 0 Å². The molecule has 1 aliphatic rings. The zero-order valence-electron chi connectivity index (χ0n) is 11.4. The molecule has 2 N–H and O–H groups in total. The third kappa shape index (κ3) is 2.12. The van der Waals surface area contributed by atoms with Crippen LogP contribution in [-0.4, -0.2) is 16.7 Å². The van der Waals surface area contributed by atoms with Gasteiger partial charge in [-0.1, -0.05) is 0 Å². The van der Waals surface area contributed by atoms with Crippen LogP contribution < -0.4 is 10.5 Å². The predicted molar refractivity (Wildman–Crippen MR) is 75.1 cm³/mol. The molecule has 1 atom stereocenters. The summed E-state index contributed by atoms with van der Waals surface area (Å²) in [6.45, 7) is 3.10. The van der Waals surface area contributed by atoms with Crippen molar-refractivity contribution in [3.8, 4) is 17.0 Å². The number of hydrogen-bond acceptors (Lipinski definition) is 3. The zero-order chi connectivity index (χ0) is 13.4. The average Bonchev–Trinajstić information content (AvgIpc) is 2.83. The van der Waals surface area contributed by atoms with E-state index in [1.54, 1.807) is 7.11 Å². The van der Waals surface area contributed by atoms with Crippen molar-refractivity contribution in [2.24, 2.45) is 5.73 Å². The van der Waals surface area contributed by atoms with Crippen LogP contribution in [0.25, 0.3) is 11.3 Å². The summed E-state index contributed by atoms with van der Waals surface area (Å²) < 4.78 is 7.43. The lowest BCUT2D eigenvalue weighted by atomic mass is 10.1. The second-order valence-electron chi connectivity index (χ2n) is 5.11. The quantitative estimate of drug-likeness (QED) is 0.900. The molecule has 0 bridgehead atoms. The Kier molecular flexibility index (Phi) is 3.03. The summed E-state index contributed by atoms with van der Waals surface area (Å²) in [6, 6.07) is 6.14. The van der Waals surface area contributed by atoms with Crippen molar-refractivity contribution >= 4 is 0 Å². The molecule has 1 unspecified atom stereocenters. The molecule has 3 rings (SSSR count). The van der Waals surface area contributed by atoms with Gasteiger partial charge in [0.1, 0.15) is 11.6 Å². The number of aromatic nitrogens is 2. The minimum Gasteiger partial charge on any atom is -0.497 e. The first-order valence-corrected chi connectivity index (χ1v) is 6.66.